The number of anilines is 1. The van der Waals surface area contributed by atoms with Crippen LogP contribution in [0.2, 0.25) is 0 Å². The van der Waals surface area contributed by atoms with Crippen LogP contribution in [0.4, 0.5) is 5.69 Å². The predicted molar refractivity (Wildman–Crippen MR) is 95.2 cm³/mol. The number of rotatable bonds is 6. The molecular weight excluding hydrogens is 318 g/mol. The molecule has 2 N–H and O–H groups in total. The molecule has 7 nitrogen and oxygen atoms in total. The van der Waals surface area contributed by atoms with Crippen molar-refractivity contribution < 1.29 is 9.21 Å². The molecule has 1 amide bonds. The predicted octanol–water partition coefficient (Wildman–Crippen LogP) is 2.75. The van der Waals surface area contributed by atoms with E-state index in [-0.39, 0.29) is 11.6 Å². The van der Waals surface area contributed by atoms with Crippen LogP contribution >= 0.6 is 0 Å². The molecular formula is C18H21N5O2. The van der Waals surface area contributed by atoms with Gasteiger partial charge in [-0.25, -0.2) is 4.98 Å². The fourth-order valence-corrected chi connectivity index (χ4v) is 2.50. The average Bonchev–Trinajstić information content (AvgIpc) is 3.20. The number of nitrogens with one attached hydrogen (secondary N) is 2. The van der Waals surface area contributed by atoms with E-state index in [4.69, 9.17) is 4.42 Å². The Bertz CT molecular complexity index is 881. The standard InChI is InChI=1S/C18H21N5O2/c1-4-19-9-13-7-5-6-8-15(13)21-17(24)16-12(2)25-18(22-16)14-10-20-23(3)11-14/h5-8,10-11,19H,4,9H2,1-3H3,(H,21,24). The third kappa shape index (κ3) is 3.77. The minimum absolute atomic E-state index is 0.275. The van der Waals surface area contributed by atoms with Crippen molar-refractivity contribution in [2.24, 2.45) is 7.05 Å². The molecule has 1 aromatic carbocycles. The lowest BCUT2D eigenvalue weighted by atomic mass is 10.1. The molecule has 130 valence electrons. The first-order valence-electron chi connectivity index (χ1n) is 8.15. The Morgan fingerprint density at radius 1 is 1.32 bits per heavy atom. The summed E-state index contributed by atoms with van der Waals surface area (Å²) in [6.07, 6.45) is 3.44. The summed E-state index contributed by atoms with van der Waals surface area (Å²) < 4.78 is 7.29. The molecule has 3 rings (SSSR count). The first-order chi connectivity index (χ1) is 12.1. The van der Waals surface area contributed by atoms with E-state index in [0.717, 1.165) is 23.4 Å². The Hall–Kier alpha value is -2.93. The van der Waals surface area contributed by atoms with E-state index in [1.54, 1.807) is 24.0 Å². The third-order valence-electron chi connectivity index (χ3n) is 3.79. The van der Waals surface area contributed by atoms with Crippen LogP contribution in [-0.4, -0.2) is 27.2 Å². The van der Waals surface area contributed by atoms with Crippen molar-refractivity contribution in [1.82, 2.24) is 20.1 Å². The van der Waals surface area contributed by atoms with Gasteiger partial charge in [-0.3, -0.25) is 9.48 Å². The third-order valence-corrected chi connectivity index (χ3v) is 3.79. The molecule has 0 saturated carbocycles. The molecule has 0 fully saturated rings. The monoisotopic (exact) mass is 339 g/mol. The maximum absolute atomic E-state index is 12.6. The quantitative estimate of drug-likeness (QED) is 0.721. The van der Waals surface area contributed by atoms with Crippen LogP contribution in [0.15, 0.2) is 41.1 Å². The fourth-order valence-electron chi connectivity index (χ4n) is 2.50. The number of carbonyl (C=O) groups is 1. The van der Waals surface area contributed by atoms with Crippen molar-refractivity contribution in [2.75, 3.05) is 11.9 Å². The smallest absolute Gasteiger partial charge is 0.277 e. The molecule has 0 spiro atoms. The van der Waals surface area contributed by atoms with Crippen LogP contribution in [0.3, 0.4) is 0 Å². The summed E-state index contributed by atoms with van der Waals surface area (Å²) in [4.78, 5) is 17.0. The number of aryl methyl sites for hydroxylation is 2. The normalized spacial score (nSPS) is 10.8. The molecule has 25 heavy (non-hydrogen) atoms. The highest BCUT2D eigenvalue weighted by molar-refractivity contribution is 6.04. The van der Waals surface area contributed by atoms with E-state index < -0.39 is 0 Å². The second-order valence-electron chi connectivity index (χ2n) is 5.72. The van der Waals surface area contributed by atoms with Gasteiger partial charge in [-0.05, 0) is 25.1 Å². The number of amides is 1. The van der Waals surface area contributed by atoms with Crippen molar-refractivity contribution in [2.45, 2.75) is 20.4 Å². The van der Waals surface area contributed by atoms with Gasteiger partial charge in [0.2, 0.25) is 5.89 Å². The van der Waals surface area contributed by atoms with Crippen molar-refractivity contribution in [3.63, 3.8) is 0 Å². The van der Waals surface area contributed by atoms with E-state index >= 15 is 0 Å². The van der Waals surface area contributed by atoms with E-state index in [0.29, 0.717) is 18.2 Å². The summed E-state index contributed by atoms with van der Waals surface area (Å²) >= 11 is 0. The topological polar surface area (TPSA) is 85.0 Å². The summed E-state index contributed by atoms with van der Waals surface area (Å²) in [7, 11) is 1.81. The molecule has 0 aliphatic rings. The first-order valence-corrected chi connectivity index (χ1v) is 8.15. The minimum Gasteiger partial charge on any atom is -0.440 e. The van der Waals surface area contributed by atoms with Crippen LogP contribution in [-0.2, 0) is 13.6 Å². The van der Waals surface area contributed by atoms with E-state index in [2.05, 4.69) is 20.7 Å². The van der Waals surface area contributed by atoms with Gasteiger partial charge >= 0.3 is 0 Å². The number of nitrogens with zero attached hydrogens (tertiary/aromatic N) is 3. The number of para-hydroxylation sites is 1. The summed E-state index contributed by atoms with van der Waals surface area (Å²) in [6, 6.07) is 7.70. The zero-order chi connectivity index (χ0) is 17.8. The van der Waals surface area contributed by atoms with Crippen molar-refractivity contribution in [3.8, 4) is 11.5 Å². The Balaban J connectivity index is 1.81. The maximum atomic E-state index is 12.6. The van der Waals surface area contributed by atoms with Gasteiger partial charge in [0.1, 0.15) is 5.76 Å². The Kier molecular flexibility index (Phi) is 4.95. The van der Waals surface area contributed by atoms with Crippen LogP contribution in [0.5, 0.6) is 0 Å². The SMILES string of the molecule is CCNCc1ccccc1NC(=O)c1nc(-c2cnn(C)c2)oc1C. The first kappa shape index (κ1) is 16.9. The molecule has 0 aliphatic carbocycles. The number of hydrogen-bond acceptors (Lipinski definition) is 5. The molecule has 0 saturated heterocycles. The van der Waals surface area contributed by atoms with Gasteiger partial charge in [-0.1, -0.05) is 25.1 Å². The maximum Gasteiger partial charge on any atom is 0.277 e. The fraction of sp³-hybridized carbons (Fsp3) is 0.278. The molecule has 0 atom stereocenters. The lowest BCUT2D eigenvalue weighted by molar-refractivity contribution is 0.102. The lowest BCUT2D eigenvalue weighted by Crippen LogP contribution is -2.17. The minimum atomic E-state index is -0.291. The van der Waals surface area contributed by atoms with E-state index in [9.17, 15) is 4.79 Å². The Morgan fingerprint density at radius 2 is 2.12 bits per heavy atom. The second kappa shape index (κ2) is 7.31. The highest BCUT2D eigenvalue weighted by atomic mass is 16.4. The molecule has 0 aliphatic heterocycles. The molecule has 0 bridgehead atoms. The van der Waals surface area contributed by atoms with Crippen LogP contribution in [0, 0.1) is 6.92 Å². The Labute approximate surface area is 146 Å². The van der Waals surface area contributed by atoms with E-state index in [1.165, 1.54) is 0 Å². The zero-order valence-corrected chi connectivity index (χ0v) is 14.5. The number of hydrogen-bond donors (Lipinski definition) is 2. The lowest BCUT2D eigenvalue weighted by Gasteiger charge is -2.10. The van der Waals surface area contributed by atoms with Gasteiger partial charge < -0.3 is 15.1 Å². The van der Waals surface area contributed by atoms with Crippen LogP contribution < -0.4 is 10.6 Å². The largest absolute Gasteiger partial charge is 0.440 e. The second-order valence-corrected chi connectivity index (χ2v) is 5.72. The Morgan fingerprint density at radius 3 is 2.84 bits per heavy atom. The van der Waals surface area contributed by atoms with Crippen molar-refractivity contribution in [1.29, 1.82) is 0 Å². The number of benzene rings is 1. The molecule has 7 heteroatoms. The number of carbonyl (C=O) groups excluding carboxylic acids is 1. The van der Waals surface area contributed by atoms with Gasteiger partial charge in [0.25, 0.3) is 5.91 Å². The molecule has 0 radical (unpaired) electrons. The van der Waals surface area contributed by atoms with Crippen LogP contribution in [0.1, 0.15) is 28.7 Å². The summed E-state index contributed by atoms with van der Waals surface area (Å²) in [5, 5.41) is 10.3. The van der Waals surface area contributed by atoms with Gasteiger partial charge in [-0.15, -0.1) is 0 Å². The molecule has 3 aromatic rings. The zero-order valence-electron chi connectivity index (χ0n) is 14.5. The van der Waals surface area contributed by atoms with Gasteiger partial charge in [0.15, 0.2) is 5.69 Å². The summed E-state index contributed by atoms with van der Waals surface area (Å²) in [6.45, 7) is 5.32. The van der Waals surface area contributed by atoms with E-state index in [1.807, 2.05) is 38.2 Å². The molecule has 2 heterocycles. The summed E-state index contributed by atoms with van der Waals surface area (Å²) in [5.41, 5.74) is 2.79. The number of oxazole rings is 1. The van der Waals surface area contributed by atoms with Crippen molar-refractivity contribution >= 4 is 11.6 Å². The van der Waals surface area contributed by atoms with Crippen molar-refractivity contribution in [3.05, 3.63) is 53.7 Å². The van der Waals surface area contributed by atoms with Crippen LogP contribution in [0.25, 0.3) is 11.5 Å². The highest BCUT2D eigenvalue weighted by Crippen LogP contribution is 2.22. The number of aromatic nitrogens is 3. The van der Waals surface area contributed by atoms with Gasteiger partial charge in [0, 0.05) is 25.5 Å². The van der Waals surface area contributed by atoms with Gasteiger partial charge in [0.05, 0.1) is 11.8 Å². The highest BCUT2D eigenvalue weighted by Gasteiger charge is 2.19. The average molecular weight is 339 g/mol. The molecule has 2 aromatic heterocycles. The van der Waals surface area contributed by atoms with Gasteiger partial charge in [-0.2, -0.15) is 5.10 Å². The summed E-state index contributed by atoms with van der Waals surface area (Å²) in [5.74, 6) is 0.567. The molecule has 0 unspecified atom stereocenters.